The van der Waals surface area contributed by atoms with E-state index < -0.39 is 53.9 Å². The van der Waals surface area contributed by atoms with Crippen molar-refractivity contribution in [3.05, 3.63) is 0 Å². The van der Waals surface area contributed by atoms with E-state index in [-0.39, 0.29) is 24.2 Å². The van der Waals surface area contributed by atoms with Gasteiger partial charge >= 0.3 is 5.97 Å². The average Bonchev–Trinajstić information content (AvgIpc) is 3.35. The Kier molecular flexibility index (Phi) is 14.3. The molecule has 1 aliphatic rings. The number of unbranched alkanes of at least 4 members (excludes halogenated alkanes) is 1. The summed E-state index contributed by atoms with van der Waals surface area (Å²) in [5.41, 5.74) is 11.6. The fraction of sp³-hybridized carbons (Fsp3) is 0.808. The molecule has 0 spiro atoms. The molecule has 0 aromatic rings. The number of hydrogen-bond donors (Lipinski definition) is 6. The summed E-state index contributed by atoms with van der Waals surface area (Å²) in [7, 11) is 0. The fourth-order valence-corrected chi connectivity index (χ4v) is 4.46. The summed E-state index contributed by atoms with van der Waals surface area (Å²) >= 11 is 0. The first-order valence-electron chi connectivity index (χ1n) is 13.7. The van der Waals surface area contributed by atoms with Gasteiger partial charge in [-0.05, 0) is 57.4 Å². The summed E-state index contributed by atoms with van der Waals surface area (Å²) < 4.78 is 0. The minimum absolute atomic E-state index is 0.0470. The van der Waals surface area contributed by atoms with Gasteiger partial charge in [0.1, 0.15) is 24.2 Å². The van der Waals surface area contributed by atoms with Crippen LogP contribution in [0.15, 0.2) is 0 Å². The van der Waals surface area contributed by atoms with Gasteiger partial charge in [0.2, 0.25) is 23.6 Å². The van der Waals surface area contributed by atoms with Crippen LogP contribution >= 0.6 is 0 Å². The molecule has 1 fully saturated rings. The van der Waals surface area contributed by atoms with Crippen molar-refractivity contribution in [2.24, 2.45) is 23.3 Å². The van der Waals surface area contributed by atoms with Crippen LogP contribution in [-0.2, 0) is 24.0 Å². The maximum absolute atomic E-state index is 13.0. The van der Waals surface area contributed by atoms with E-state index in [1.165, 1.54) is 11.8 Å². The number of hydrogen-bond acceptors (Lipinski definition) is 7. The topological polar surface area (TPSA) is 197 Å². The van der Waals surface area contributed by atoms with Crippen molar-refractivity contribution >= 4 is 29.6 Å². The highest BCUT2D eigenvalue weighted by molar-refractivity contribution is 5.95. The van der Waals surface area contributed by atoms with Gasteiger partial charge in [-0.25, -0.2) is 4.79 Å². The Hall–Kier alpha value is -2.73. The molecule has 0 saturated carbocycles. The highest BCUT2D eigenvalue weighted by atomic mass is 16.4. The molecule has 1 saturated heterocycles. The van der Waals surface area contributed by atoms with Crippen LogP contribution in [0.3, 0.4) is 0 Å². The molecule has 0 aromatic carbocycles. The number of nitrogens with one attached hydrogen (secondary N) is 3. The molecule has 8 N–H and O–H groups in total. The van der Waals surface area contributed by atoms with Crippen LogP contribution in [0.25, 0.3) is 0 Å². The van der Waals surface area contributed by atoms with Gasteiger partial charge in [-0.2, -0.15) is 0 Å². The number of rotatable bonds is 16. The van der Waals surface area contributed by atoms with Gasteiger partial charge in [0.15, 0.2) is 0 Å². The molecule has 1 rings (SSSR count). The zero-order chi connectivity index (χ0) is 29.0. The van der Waals surface area contributed by atoms with Gasteiger partial charge in [0, 0.05) is 6.54 Å². The van der Waals surface area contributed by atoms with Crippen molar-refractivity contribution in [2.45, 2.75) is 110 Å². The smallest absolute Gasteiger partial charge is 0.326 e. The van der Waals surface area contributed by atoms with E-state index in [9.17, 15) is 29.1 Å². The number of carbonyl (C=O) groups is 5. The molecule has 1 aliphatic heterocycles. The van der Waals surface area contributed by atoms with Crippen molar-refractivity contribution in [1.29, 1.82) is 0 Å². The highest BCUT2D eigenvalue weighted by Gasteiger charge is 2.37. The first kappa shape index (κ1) is 33.3. The van der Waals surface area contributed by atoms with Gasteiger partial charge in [0.05, 0.1) is 6.04 Å². The van der Waals surface area contributed by atoms with Crippen LogP contribution in [0.1, 0.15) is 79.6 Å². The third kappa shape index (κ3) is 10.2. The number of aliphatic carboxylic acids is 1. The van der Waals surface area contributed by atoms with Gasteiger partial charge in [-0.1, -0.05) is 40.5 Å². The van der Waals surface area contributed by atoms with Crippen molar-refractivity contribution in [3.63, 3.8) is 0 Å². The molecule has 0 radical (unpaired) electrons. The molecule has 6 atom stereocenters. The first-order valence-corrected chi connectivity index (χ1v) is 13.7. The Morgan fingerprint density at radius 3 is 2.21 bits per heavy atom. The van der Waals surface area contributed by atoms with Gasteiger partial charge in [-0.15, -0.1) is 0 Å². The summed E-state index contributed by atoms with van der Waals surface area (Å²) in [6, 6.07) is -4.47. The second kappa shape index (κ2) is 16.3. The fourth-order valence-electron chi connectivity index (χ4n) is 4.46. The van der Waals surface area contributed by atoms with E-state index in [0.29, 0.717) is 38.8 Å². The molecular weight excluding hydrogens is 492 g/mol. The van der Waals surface area contributed by atoms with Crippen LogP contribution in [0.4, 0.5) is 0 Å². The van der Waals surface area contributed by atoms with E-state index in [1.54, 1.807) is 6.92 Å². The lowest BCUT2D eigenvalue weighted by atomic mass is 9.96. The summed E-state index contributed by atoms with van der Waals surface area (Å²) in [4.78, 5) is 64.8. The van der Waals surface area contributed by atoms with Crippen molar-refractivity contribution in [3.8, 4) is 0 Å². The predicted octanol–water partition coefficient (Wildman–Crippen LogP) is 0.0848. The molecule has 0 aliphatic carbocycles. The Bertz CT molecular complexity index is 822. The lowest BCUT2D eigenvalue weighted by Crippen LogP contribution is -2.58. The monoisotopic (exact) mass is 540 g/mol. The van der Waals surface area contributed by atoms with E-state index in [2.05, 4.69) is 16.0 Å². The second-order valence-corrected chi connectivity index (χ2v) is 10.7. The van der Waals surface area contributed by atoms with Crippen LogP contribution < -0.4 is 27.4 Å². The van der Waals surface area contributed by atoms with E-state index in [1.807, 2.05) is 20.8 Å². The van der Waals surface area contributed by atoms with E-state index >= 15 is 0 Å². The first-order chi connectivity index (χ1) is 17.8. The normalized spacial score (nSPS) is 19.3. The minimum atomic E-state index is -1.14. The molecule has 12 heteroatoms. The predicted molar refractivity (Wildman–Crippen MR) is 144 cm³/mol. The number of carboxylic acid groups (broad SMARTS) is 1. The Labute approximate surface area is 226 Å². The largest absolute Gasteiger partial charge is 0.480 e. The van der Waals surface area contributed by atoms with Crippen LogP contribution in [0.5, 0.6) is 0 Å². The number of nitrogens with zero attached hydrogens (tertiary/aromatic N) is 1. The quantitative estimate of drug-likeness (QED) is 0.148. The second-order valence-electron chi connectivity index (χ2n) is 10.7. The maximum Gasteiger partial charge on any atom is 0.326 e. The Morgan fingerprint density at radius 2 is 1.66 bits per heavy atom. The molecule has 1 heterocycles. The number of nitrogens with two attached hydrogens (primary N) is 2. The average molecular weight is 541 g/mol. The Morgan fingerprint density at radius 1 is 1.00 bits per heavy atom. The summed E-state index contributed by atoms with van der Waals surface area (Å²) in [6.07, 6.45) is 3.90. The summed E-state index contributed by atoms with van der Waals surface area (Å²) in [6.45, 7) is 9.79. The molecule has 218 valence electrons. The van der Waals surface area contributed by atoms with Crippen LogP contribution in [-0.4, -0.2) is 82.9 Å². The lowest BCUT2D eigenvalue weighted by molar-refractivity contribution is -0.143. The Balaban J connectivity index is 2.82. The number of amides is 4. The third-order valence-corrected chi connectivity index (χ3v) is 6.99. The number of carbonyl (C=O) groups excluding carboxylic acids is 4. The lowest BCUT2D eigenvalue weighted by Gasteiger charge is -2.29. The molecule has 38 heavy (non-hydrogen) atoms. The number of carboxylic acids is 1. The van der Waals surface area contributed by atoms with E-state index in [4.69, 9.17) is 11.5 Å². The summed E-state index contributed by atoms with van der Waals surface area (Å²) in [5.74, 6) is -3.29. The SMILES string of the molecule is CC[C@H](C)[C@H](NC(=O)[C@H](C)NC(=O)[C@@H]1CCCN1C(=O)[C@@H](N)CCCCN)C(=O)N[C@@H](CC(C)C)C(=O)O. The molecule has 0 unspecified atom stereocenters. The van der Waals surface area contributed by atoms with Gasteiger partial charge in [-0.3, -0.25) is 19.2 Å². The molecule has 0 bridgehead atoms. The van der Waals surface area contributed by atoms with Crippen molar-refractivity contribution in [1.82, 2.24) is 20.9 Å². The highest BCUT2D eigenvalue weighted by Crippen LogP contribution is 2.19. The zero-order valence-corrected chi connectivity index (χ0v) is 23.5. The van der Waals surface area contributed by atoms with Gasteiger partial charge < -0.3 is 37.4 Å². The summed E-state index contributed by atoms with van der Waals surface area (Å²) in [5, 5.41) is 17.3. The number of likely N-dealkylation sites (tertiary alicyclic amines) is 1. The zero-order valence-electron chi connectivity index (χ0n) is 23.5. The minimum Gasteiger partial charge on any atom is -0.480 e. The standard InChI is InChI=1S/C26H48N6O6/c1-6-16(4)21(24(35)30-19(26(37)38)14-15(2)3)31-22(33)17(5)29-23(34)20-11-9-13-32(20)25(36)18(28)10-7-8-12-27/h15-21H,6-14,27-28H2,1-5H3,(H,29,34)(H,30,35)(H,31,33)(H,37,38)/t16-,17-,18-,19-,20-,21-/m0/s1. The molecule has 0 aromatic heterocycles. The van der Waals surface area contributed by atoms with Crippen LogP contribution in [0.2, 0.25) is 0 Å². The van der Waals surface area contributed by atoms with Gasteiger partial charge in [0.25, 0.3) is 0 Å². The van der Waals surface area contributed by atoms with Crippen LogP contribution in [0, 0.1) is 11.8 Å². The maximum atomic E-state index is 13.0. The molecular formula is C26H48N6O6. The molecule has 12 nitrogen and oxygen atoms in total. The third-order valence-electron chi connectivity index (χ3n) is 6.99. The molecule has 4 amide bonds. The van der Waals surface area contributed by atoms with E-state index in [0.717, 1.165) is 12.8 Å². The van der Waals surface area contributed by atoms with Crippen molar-refractivity contribution < 1.29 is 29.1 Å². The van der Waals surface area contributed by atoms with Crippen molar-refractivity contribution in [2.75, 3.05) is 13.1 Å².